The minimum absolute atomic E-state index is 0.0412. The molecule has 0 bridgehead atoms. The highest BCUT2D eigenvalue weighted by Gasteiger charge is 1.96. The Kier molecular flexibility index (Phi) is 12.4. The predicted molar refractivity (Wildman–Crippen MR) is 64.9 cm³/mol. The van der Waals surface area contributed by atoms with E-state index < -0.39 is 0 Å². The van der Waals surface area contributed by atoms with E-state index in [1.165, 1.54) is 19.6 Å². The van der Waals surface area contributed by atoms with E-state index in [4.69, 9.17) is 0 Å². The van der Waals surface area contributed by atoms with Crippen molar-refractivity contribution in [3.8, 4) is 0 Å². The number of nitrogens with zero attached hydrogens (tertiary/aromatic N) is 1. The lowest BCUT2D eigenvalue weighted by atomic mass is 10.5. The molecule has 0 aliphatic heterocycles. The van der Waals surface area contributed by atoms with Crippen molar-refractivity contribution in [3.05, 3.63) is 12.7 Å². The predicted octanol–water partition coefficient (Wildman–Crippen LogP) is 2.47. The molecule has 0 amide bonds. The molecule has 15 heavy (non-hydrogen) atoms. The second-order valence-electron chi connectivity index (χ2n) is 3.31. The summed E-state index contributed by atoms with van der Waals surface area (Å²) in [6, 6.07) is 0. The molecule has 0 saturated carbocycles. The first-order valence-corrected chi connectivity index (χ1v) is 5.57. The first-order valence-electron chi connectivity index (χ1n) is 5.57. The maximum absolute atomic E-state index is 10.3. The monoisotopic (exact) mass is 215 g/mol. The maximum Gasteiger partial charge on any atom is 0.330 e. The van der Waals surface area contributed by atoms with Gasteiger partial charge in [-0.2, -0.15) is 0 Å². The average molecular weight is 215 g/mol. The summed E-state index contributed by atoms with van der Waals surface area (Å²) in [5.41, 5.74) is 0. The Hall–Kier alpha value is -0.830. The van der Waals surface area contributed by atoms with E-state index in [1.54, 1.807) is 13.8 Å². The Bertz CT molecular complexity index is 157. The van der Waals surface area contributed by atoms with E-state index in [0.717, 1.165) is 6.08 Å². The molecule has 0 fully saturated rings. The SMILES string of the molecule is C=CC(=O)OC(C)C.CCN(CC)CC. The number of rotatable bonds is 5. The van der Waals surface area contributed by atoms with Crippen LogP contribution < -0.4 is 0 Å². The van der Waals surface area contributed by atoms with Crippen LogP contribution in [0.1, 0.15) is 34.6 Å². The Morgan fingerprint density at radius 2 is 1.67 bits per heavy atom. The second kappa shape index (κ2) is 11.2. The van der Waals surface area contributed by atoms with Crippen LogP contribution in [0.3, 0.4) is 0 Å². The third-order valence-corrected chi connectivity index (χ3v) is 1.86. The topological polar surface area (TPSA) is 29.5 Å². The molecule has 0 spiro atoms. The van der Waals surface area contributed by atoms with Crippen LogP contribution in [0.15, 0.2) is 12.7 Å². The van der Waals surface area contributed by atoms with Gasteiger partial charge in [-0.25, -0.2) is 4.79 Å². The molecule has 0 radical (unpaired) electrons. The van der Waals surface area contributed by atoms with E-state index in [2.05, 4.69) is 37.0 Å². The van der Waals surface area contributed by atoms with Crippen LogP contribution in [-0.4, -0.2) is 36.6 Å². The molecule has 0 saturated heterocycles. The van der Waals surface area contributed by atoms with Gasteiger partial charge in [0.1, 0.15) is 0 Å². The lowest BCUT2D eigenvalue weighted by molar-refractivity contribution is -0.141. The fourth-order valence-corrected chi connectivity index (χ4v) is 0.951. The molecule has 0 aromatic carbocycles. The third-order valence-electron chi connectivity index (χ3n) is 1.86. The van der Waals surface area contributed by atoms with Crippen molar-refractivity contribution in [1.29, 1.82) is 0 Å². The van der Waals surface area contributed by atoms with Gasteiger partial charge >= 0.3 is 5.97 Å². The van der Waals surface area contributed by atoms with Gasteiger partial charge in [0.2, 0.25) is 0 Å². The first kappa shape index (κ1) is 16.6. The summed E-state index contributed by atoms with van der Waals surface area (Å²) in [6.45, 7) is 17.0. The lowest BCUT2D eigenvalue weighted by Gasteiger charge is -2.13. The minimum atomic E-state index is -0.361. The maximum atomic E-state index is 10.3. The number of ether oxygens (including phenoxy) is 1. The number of carbonyl (C=O) groups excluding carboxylic acids is 1. The highest BCUT2D eigenvalue weighted by Crippen LogP contribution is 1.87. The van der Waals surface area contributed by atoms with Gasteiger partial charge in [-0.15, -0.1) is 0 Å². The Morgan fingerprint density at radius 3 is 1.73 bits per heavy atom. The highest BCUT2D eigenvalue weighted by molar-refractivity contribution is 5.81. The summed E-state index contributed by atoms with van der Waals surface area (Å²) in [4.78, 5) is 12.7. The van der Waals surface area contributed by atoms with E-state index in [1.807, 2.05) is 0 Å². The van der Waals surface area contributed by atoms with Gasteiger partial charge in [-0.3, -0.25) is 0 Å². The molecular formula is C12H25NO2. The van der Waals surface area contributed by atoms with Gasteiger partial charge in [0, 0.05) is 6.08 Å². The Labute approximate surface area is 94.1 Å². The van der Waals surface area contributed by atoms with Crippen molar-refractivity contribution in [1.82, 2.24) is 4.90 Å². The third kappa shape index (κ3) is 13.2. The zero-order valence-electron chi connectivity index (χ0n) is 10.7. The van der Waals surface area contributed by atoms with Crippen LogP contribution in [0, 0.1) is 0 Å². The van der Waals surface area contributed by atoms with Gasteiger partial charge in [0.15, 0.2) is 0 Å². The van der Waals surface area contributed by atoms with Crippen molar-refractivity contribution in [2.24, 2.45) is 0 Å². The molecule has 0 atom stereocenters. The van der Waals surface area contributed by atoms with Crippen molar-refractivity contribution in [3.63, 3.8) is 0 Å². The molecule has 3 nitrogen and oxygen atoms in total. The van der Waals surface area contributed by atoms with E-state index in [0.29, 0.717) is 0 Å². The molecule has 0 aromatic heterocycles. The van der Waals surface area contributed by atoms with Crippen LogP contribution in [0.5, 0.6) is 0 Å². The zero-order valence-corrected chi connectivity index (χ0v) is 10.7. The van der Waals surface area contributed by atoms with Crippen molar-refractivity contribution >= 4 is 5.97 Å². The number of carbonyl (C=O) groups is 1. The first-order chi connectivity index (χ1) is 7.01. The van der Waals surface area contributed by atoms with Gasteiger partial charge in [0.25, 0.3) is 0 Å². The van der Waals surface area contributed by atoms with Gasteiger partial charge < -0.3 is 9.64 Å². The largest absolute Gasteiger partial charge is 0.460 e. The summed E-state index contributed by atoms with van der Waals surface area (Å²) < 4.78 is 4.64. The average Bonchev–Trinajstić information content (AvgIpc) is 2.20. The summed E-state index contributed by atoms with van der Waals surface area (Å²) in [6.07, 6.45) is 1.11. The standard InChI is InChI=1S/C6H15N.C6H10O2/c1-4-7(5-2)6-3;1-4-6(7)8-5(2)3/h4-6H2,1-3H3;4-5H,1H2,2-3H3. The molecule has 0 aliphatic rings. The smallest absolute Gasteiger partial charge is 0.330 e. The van der Waals surface area contributed by atoms with Crippen LogP contribution in [-0.2, 0) is 9.53 Å². The van der Waals surface area contributed by atoms with Crippen LogP contribution in [0.2, 0.25) is 0 Å². The Morgan fingerprint density at radius 1 is 1.27 bits per heavy atom. The normalized spacial score (nSPS) is 9.53. The van der Waals surface area contributed by atoms with Crippen LogP contribution in [0.4, 0.5) is 0 Å². The van der Waals surface area contributed by atoms with Gasteiger partial charge in [-0.05, 0) is 33.5 Å². The fourth-order valence-electron chi connectivity index (χ4n) is 0.951. The molecule has 3 heteroatoms. The van der Waals surface area contributed by atoms with Gasteiger partial charge in [0.05, 0.1) is 6.10 Å². The van der Waals surface area contributed by atoms with Crippen molar-refractivity contribution in [2.75, 3.05) is 19.6 Å². The molecule has 0 aliphatic carbocycles. The molecule has 0 rings (SSSR count). The summed E-state index contributed by atoms with van der Waals surface area (Å²) in [5.74, 6) is -0.361. The number of hydrogen-bond acceptors (Lipinski definition) is 3. The summed E-state index contributed by atoms with van der Waals surface area (Å²) in [7, 11) is 0. The zero-order chi connectivity index (χ0) is 12.3. The van der Waals surface area contributed by atoms with E-state index in [9.17, 15) is 4.79 Å². The van der Waals surface area contributed by atoms with E-state index in [-0.39, 0.29) is 12.1 Å². The van der Waals surface area contributed by atoms with Crippen LogP contribution >= 0.6 is 0 Å². The van der Waals surface area contributed by atoms with Gasteiger partial charge in [-0.1, -0.05) is 27.4 Å². The quantitative estimate of drug-likeness (QED) is 0.521. The summed E-state index contributed by atoms with van der Waals surface area (Å²) in [5, 5.41) is 0. The second-order valence-corrected chi connectivity index (χ2v) is 3.31. The molecule has 0 unspecified atom stereocenters. The Balaban J connectivity index is 0. The molecule has 0 aromatic rings. The fraction of sp³-hybridized carbons (Fsp3) is 0.750. The molecule has 0 heterocycles. The van der Waals surface area contributed by atoms with Crippen LogP contribution in [0.25, 0.3) is 0 Å². The minimum Gasteiger partial charge on any atom is -0.460 e. The molecule has 90 valence electrons. The van der Waals surface area contributed by atoms with Crippen molar-refractivity contribution in [2.45, 2.75) is 40.7 Å². The molecule has 0 N–H and O–H groups in total. The lowest BCUT2D eigenvalue weighted by Crippen LogP contribution is -2.21. The summed E-state index contributed by atoms with van der Waals surface area (Å²) >= 11 is 0. The highest BCUT2D eigenvalue weighted by atomic mass is 16.5. The molecular weight excluding hydrogens is 190 g/mol. The van der Waals surface area contributed by atoms with Crippen molar-refractivity contribution < 1.29 is 9.53 Å². The van der Waals surface area contributed by atoms with E-state index >= 15 is 0 Å². The number of hydrogen-bond donors (Lipinski definition) is 0. The number of esters is 1.